The Bertz CT molecular complexity index is 863. The van der Waals surface area contributed by atoms with Gasteiger partial charge in [-0.25, -0.2) is 0 Å². The van der Waals surface area contributed by atoms with E-state index < -0.39 is 0 Å². The van der Waals surface area contributed by atoms with Crippen molar-refractivity contribution in [1.82, 2.24) is 15.1 Å². The van der Waals surface area contributed by atoms with Crippen molar-refractivity contribution in [2.75, 3.05) is 45.9 Å². The molecule has 2 amide bonds. The number of nitrogens with zero attached hydrogens (tertiary/aromatic N) is 2. The molecule has 1 aromatic heterocycles. The molecule has 0 aliphatic carbocycles. The summed E-state index contributed by atoms with van der Waals surface area (Å²) in [6.45, 7) is 6.06. The quantitative estimate of drug-likeness (QED) is 0.810. The summed E-state index contributed by atoms with van der Waals surface area (Å²) in [5.74, 6) is 1.52. The number of fused-ring (bicyclic) bond motifs is 1. The van der Waals surface area contributed by atoms with E-state index in [1.165, 1.54) is 11.3 Å². The van der Waals surface area contributed by atoms with Crippen LogP contribution in [0.3, 0.4) is 0 Å². The Morgan fingerprint density at radius 2 is 1.86 bits per heavy atom. The van der Waals surface area contributed by atoms with E-state index >= 15 is 0 Å². The number of piperazine rings is 1. The highest BCUT2D eigenvalue weighted by molar-refractivity contribution is 7.12. The lowest BCUT2D eigenvalue weighted by molar-refractivity contribution is -0.123. The minimum absolute atomic E-state index is 0.0228. The molecule has 0 saturated carbocycles. The standard InChI is InChI=1S/C21H25N3O4S/c1-15(16-4-5-17-18(13-16)28-11-10-27-17)22-20(25)14-23-6-8-24(9-7-23)21(26)19-3-2-12-29-19/h2-5,12-13,15H,6-11,14H2,1H3,(H,22,25)/t15-/m0/s1. The van der Waals surface area contributed by atoms with Crippen molar-refractivity contribution in [3.63, 3.8) is 0 Å². The largest absolute Gasteiger partial charge is 0.486 e. The van der Waals surface area contributed by atoms with Crippen molar-refractivity contribution in [3.05, 3.63) is 46.2 Å². The molecule has 1 saturated heterocycles. The molecule has 2 aliphatic heterocycles. The van der Waals surface area contributed by atoms with Crippen LogP contribution in [0.4, 0.5) is 0 Å². The fraction of sp³-hybridized carbons (Fsp3) is 0.429. The first-order chi connectivity index (χ1) is 14.1. The predicted octanol–water partition coefficient (Wildman–Crippen LogP) is 2.15. The number of rotatable bonds is 5. The normalized spacial score (nSPS) is 17.6. The van der Waals surface area contributed by atoms with Crippen molar-refractivity contribution < 1.29 is 19.1 Å². The summed E-state index contributed by atoms with van der Waals surface area (Å²) in [5.41, 5.74) is 0.981. The second kappa shape index (κ2) is 8.84. The minimum atomic E-state index is -0.125. The number of nitrogens with one attached hydrogen (secondary N) is 1. The smallest absolute Gasteiger partial charge is 0.264 e. The Kier molecular flexibility index (Phi) is 6.01. The zero-order valence-electron chi connectivity index (χ0n) is 16.4. The van der Waals surface area contributed by atoms with Crippen LogP contribution in [0.15, 0.2) is 35.7 Å². The van der Waals surface area contributed by atoms with E-state index in [2.05, 4.69) is 10.2 Å². The number of ether oxygens (including phenoxy) is 2. The van der Waals surface area contributed by atoms with Crippen LogP contribution in [0.2, 0.25) is 0 Å². The average Bonchev–Trinajstić information content (AvgIpc) is 3.28. The summed E-state index contributed by atoms with van der Waals surface area (Å²) < 4.78 is 11.2. The van der Waals surface area contributed by atoms with Crippen LogP contribution in [0.5, 0.6) is 11.5 Å². The van der Waals surface area contributed by atoms with E-state index in [9.17, 15) is 9.59 Å². The number of hydrogen-bond donors (Lipinski definition) is 1. The highest BCUT2D eigenvalue weighted by Gasteiger charge is 2.24. The molecule has 0 radical (unpaired) electrons. The van der Waals surface area contributed by atoms with E-state index in [0.29, 0.717) is 45.9 Å². The first kappa shape index (κ1) is 19.7. The van der Waals surface area contributed by atoms with Crippen LogP contribution in [0.1, 0.15) is 28.2 Å². The molecule has 4 rings (SSSR count). The Morgan fingerprint density at radius 1 is 1.10 bits per heavy atom. The second-order valence-corrected chi connectivity index (χ2v) is 8.19. The molecule has 1 atom stereocenters. The van der Waals surface area contributed by atoms with E-state index in [-0.39, 0.29) is 17.9 Å². The lowest BCUT2D eigenvalue weighted by Crippen LogP contribution is -2.51. The van der Waals surface area contributed by atoms with Gasteiger partial charge in [-0.3, -0.25) is 14.5 Å². The number of carbonyl (C=O) groups excluding carboxylic acids is 2. The van der Waals surface area contributed by atoms with Gasteiger partial charge in [-0.15, -0.1) is 11.3 Å². The van der Waals surface area contributed by atoms with Gasteiger partial charge in [0.2, 0.25) is 5.91 Å². The minimum Gasteiger partial charge on any atom is -0.486 e. The summed E-state index contributed by atoms with van der Waals surface area (Å²) in [6, 6.07) is 9.38. The third-order valence-electron chi connectivity index (χ3n) is 5.20. The molecule has 7 nitrogen and oxygen atoms in total. The zero-order valence-corrected chi connectivity index (χ0v) is 17.2. The molecule has 0 bridgehead atoms. The van der Waals surface area contributed by atoms with E-state index in [1.807, 2.05) is 47.5 Å². The summed E-state index contributed by atoms with van der Waals surface area (Å²) >= 11 is 1.46. The number of amides is 2. The molecule has 1 fully saturated rings. The third-order valence-corrected chi connectivity index (χ3v) is 6.06. The highest BCUT2D eigenvalue weighted by Crippen LogP contribution is 2.32. The monoisotopic (exact) mass is 415 g/mol. The fourth-order valence-electron chi connectivity index (χ4n) is 3.57. The van der Waals surface area contributed by atoms with Crippen LogP contribution >= 0.6 is 11.3 Å². The van der Waals surface area contributed by atoms with Gasteiger partial charge in [0.1, 0.15) is 13.2 Å². The second-order valence-electron chi connectivity index (χ2n) is 7.24. The molecule has 154 valence electrons. The molecule has 0 spiro atoms. The molecule has 1 N–H and O–H groups in total. The number of hydrogen-bond acceptors (Lipinski definition) is 6. The van der Waals surface area contributed by atoms with Crippen molar-refractivity contribution in [1.29, 1.82) is 0 Å². The van der Waals surface area contributed by atoms with Gasteiger partial charge in [0.15, 0.2) is 11.5 Å². The molecular weight excluding hydrogens is 390 g/mol. The van der Waals surface area contributed by atoms with E-state index in [4.69, 9.17) is 9.47 Å². The summed E-state index contributed by atoms with van der Waals surface area (Å²) in [7, 11) is 0. The van der Waals surface area contributed by atoms with Crippen molar-refractivity contribution in [3.8, 4) is 11.5 Å². The van der Waals surface area contributed by atoms with Gasteiger partial charge in [0, 0.05) is 26.2 Å². The average molecular weight is 416 g/mol. The van der Waals surface area contributed by atoms with E-state index in [0.717, 1.165) is 21.9 Å². The summed E-state index contributed by atoms with van der Waals surface area (Å²) in [6.07, 6.45) is 0. The van der Waals surface area contributed by atoms with E-state index in [1.54, 1.807) is 0 Å². The number of benzene rings is 1. The summed E-state index contributed by atoms with van der Waals surface area (Å²) in [4.78, 5) is 29.6. The Morgan fingerprint density at radius 3 is 2.59 bits per heavy atom. The first-order valence-electron chi connectivity index (χ1n) is 9.84. The Labute approximate surface area is 174 Å². The fourth-order valence-corrected chi connectivity index (χ4v) is 4.26. The first-order valence-corrected chi connectivity index (χ1v) is 10.7. The third kappa shape index (κ3) is 4.71. The molecule has 3 heterocycles. The molecule has 0 unspecified atom stereocenters. The summed E-state index contributed by atoms with van der Waals surface area (Å²) in [5, 5.41) is 4.96. The molecule has 8 heteroatoms. The molecular formula is C21H25N3O4S. The maximum atomic E-state index is 12.5. The van der Waals surface area contributed by atoms with Crippen LogP contribution in [0, 0.1) is 0 Å². The Balaban J connectivity index is 1.25. The molecule has 2 aromatic rings. The van der Waals surface area contributed by atoms with Crippen LogP contribution < -0.4 is 14.8 Å². The van der Waals surface area contributed by atoms with Gasteiger partial charge < -0.3 is 19.7 Å². The van der Waals surface area contributed by atoms with Crippen LogP contribution in [-0.4, -0.2) is 67.6 Å². The zero-order chi connectivity index (χ0) is 20.2. The molecule has 2 aliphatic rings. The van der Waals surface area contributed by atoms with Gasteiger partial charge >= 0.3 is 0 Å². The van der Waals surface area contributed by atoms with Gasteiger partial charge in [-0.05, 0) is 36.1 Å². The molecule has 29 heavy (non-hydrogen) atoms. The van der Waals surface area contributed by atoms with Gasteiger partial charge in [0.05, 0.1) is 17.5 Å². The van der Waals surface area contributed by atoms with Crippen LogP contribution in [0.25, 0.3) is 0 Å². The number of carbonyl (C=O) groups is 2. The Hall–Kier alpha value is -2.58. The topological polar surface area (TPSA) is 71.1 Å². The number of thiophene rings is 1. The van der Waals surface area contributed by atoms with Gasteiger partial charge in [-0.2, -0.15) is 0 Å². The maximum Gasteiger partial charge on any atom is 0.264 e. The van der Waals surface area contributed by atoms with Crippen molar-refractivity contribution >= 4 is 23.2 Å². The lowest BCUT2D eigenvalue weighted by Gasteiger charge is -2.34. The van der Waals surface area contributed by atoms with Crippen molar-refractivity contribution in [2.24, 2.45) is 0 Å². The lowest BCUT2D eigenvalue weighted by atomic mass is 10.1. The predicted molar refractivity (Wildman–Crippen MR) is 111 cm³/mol. The SMILES string of the molecule is C[C@H](NC(=O)CN1CCN(C(=O)c2cccs2)CC1)c1ccc2c(c1)OCCO2. The van der Waals surface area contributed by atoms with Gasteiger partial charge in [-0.1, -0.05) is 12.1 Å². The maximum absolute atomic E-state index is 12.5. The van der Waals surface area contributed by atoms with Crippen LogP contribution in [-0.2, 0) is 4.79 Å². The molecule has 1 aromatic carbocycles. The highest BCUT2D eigenvalue weighted by atomic mass is 32.1. The van der Waals surface area contributed by atoms with Crippen molar-refractivity contribution in [2.45, 2.75) is 13.0 Å². The van der Waals surface area contributed by atoms with Gasteiger partial charge in [0.25, 0.3) is 5.91 Å².